The number of benzene rings is 2. The molecule has 0 bridgehead atoms. The Morgan fingerprint density at radius 3 is 2.66 bits per heavy atom. The van der Waals surface area contributed by atoms with Crippen molar-refractivity contribution in [1.82, 2.24) is 4.31 Å². The minimum atomic E-state index is -3.92. The second-order valence-electron chi connectivity index (χ2n) is 7.62. The van der Waals surface area contributed by atoms with Gasteiger partial charge in [-0.05, 0) is 43.2 Å². The number of nitrogens with zero attached hydrogens (tertiary/aromatic N) is 1. The lowest BCUT2D eigenvalue weighted by molar-refractivity contribution is -0.119. The minimum absolute atomic E-state index is 0.0510. The first-order valence-corrected chi connectivity index (χ1v) is 11.6. The molecule has 11 heteroatoms. The molecule has 0 spiro atoms. The average molecular weight is 459 g/mol. The molecule has 1 fully saturated rings. The van der Waals surface area contributed by atoms with Crippen LogP contribution in [-0.2, 0) is 19.6 Å². The van der Waals surface area contributed by atoms with E-state index in [1.165, 1.54) is 16.4 Å². The van der Waals surface area contributed by atoms with Gasteiger partial charge in [-0.25, -0.2) is 8.42 Å². The Balaban J connectivity index is 1.35. The molecule has 2 aromatic rings. The van der Waals surface area contributed by atoms with Crippen LogP contribution < -0.4 is 24.8 Å². The van der Waals surface area contributed by atoms with Gasteiger partial charge in [-0.1, -0.05) is 0 Å². The van der Waals surface area contributed by atoms with Crippen LogP contribution in [0.4, 0.5) is 11.4 Å². The maximum atomic E-state index is 13.3. The number of sulfonamides is 1. The number of hydrogen-bond acceptors (Lipinski definition) is 7. The van der Waals surface area contributed by atoms with Crippen LogP contribution >= 0.6 is 0 Å². The molecule has 0 radical (unpaired) electrons. The molecule has 0 aliphatic carbocycles. The molecule has 5 rings (SSSR count). The van der Waals surface area contributed by atoms with E-state index in [0.29, 0.717) is 54.7 Å². The van der Waals surface area contributed by atoms with Crippen molar-refractivity contribution in [2.45, 2.75) is 23.8 Å². The number of ether oxygens (including phenoxy) is 3. The fourth-order valence-corrected chi connectivity index (χ4v) is 5.67. The highest BCUT2D eigenvalue weighted by Crippen LogP contribution is 2.35. The Bertz CT molecular complexity index is 1200. The van der Waals surface area contributed by atoms with Gasteiger partial charge in [0, 0.05) is 18.3 Å². The number of nitrogens with one attached hydrogen (secondary N) is 2. The van der Waals surface area contributed by atoms with Gasteiger partial charge in [-0.15, -0.1) is 0 Å². The SMILES string of the molecule is O=C1COc2ccc(NC(=O)[C@H]3CCCN3S(=O)(=O)c3ccc4c(c3)OCCO4)cc2N1. The normalized spacial score (nSPS) is 20.1. The van der Waals surface area contributed by atoms with Crippen molar-refractivity contribution in [3.05, 3.63) is 36.4 Å². The lowest BCUT2D eigenvalue weighted by Gasteiger charge is -2.25. The van der Waals surface area contributed by atoms with Crippen LogP contribution in [0.3, 0.4) is 0 Å². The number of amides is 2. The van der Waals surface area contributed by atoms with E-state index in [2.05, 4.69) is 10.6 Å². The monoisotopic (exact) mass is 459 g/mol. The van der Waals surface area contributed by atoms with Crippen LogP contribution in [0.1, 0.15) is 12.8 Å². The smallest absolute Gasteiger partial charge is 0.262 e. The van der Waals surface area contributed by atoms with Crippen molar-refractivity contribution >= 4 is 33.2 Å². The minimum Gasteiger partial charge on any atom is -0.486 e. The van der Waals surface area contributed by atoms with E-state index in [1.54, 1.807) is 24.3 Å². The van der Waals surface area contributed by atoms with Crippen molar-refractivity contribution in [3.63, 3.8) is 0 Å². The summed E-state index contributed by atoms with van der Waals surface area (Å²) in [6, 6.07) is 8.47. The number of anilines is 2. The van der Waals surface area contributed by atoms with Crippen LogP contribution in [0.2, 0.25) is 0 Å². The zero-order valence-electron chi connectivity index (χ0n) is 17.0. The summed E-state index contributed by atoms with van der Waals surface area (Å²) in [7, 11) is -3.92. The lowest BCUT2D eigenvalue weighted by Crippen LogP contribution is -2.43. The Morgan fingerprint density at radius 1 is 1.03 bits per heavy atom. The van der Waals surface area contributed by atoms with Gasteiger partial charge in [0.05, 0.1) is 10.6 Å². The zero-order chi connectivity index (χ0) is 22.3. The first-order valence-electron chi connectivity index (χ1n) is 10.2. The Kier molecular flexibility index (Phi) is 5.14. The topological polar surface area (TPSA) is 123 Å². The van der Waals surface area contributed by atoms with E-state index in [0.717, 1.165) is 0 Å². The second kappa shape index (κ2) is 7.99. The molecule has 3 aliphatic rings. The number of rotatable bonds is 4. The van der Waals surface area contributed by atoms with Crippen LogP contribution in [0.5, 0.6) is 17.2 Å². The van der Waals surface area contributed by atoms with Crippen molar-refractivity contribution in [1.29, 1.82) is 0 Å². The second-order valence-corrected chi connectivity index (χ2v) is 9.51. The highest BCUT2D eigenvalue weighted by Gasteiger charge is 2.40. The molecule has 168 valence electrons. The molecule has 32 heavy (non-hydrogen) atoms. The quantitative estimate of drug-likeness (QED) is 0.712. The molecule has 1 atom stereocenters. The van der Waals surface area contributed by atoms with E-state index >= 15 is 0 Å². The maximum Gasteiger partial charge on any atom is 0.262 e. The molecule has 3 aliphatic heterocycles. The molecule has 2 aromatic carbocycles. The first kappa shape index (κ1) is 20.6. The summed E-state index contributed by atoms with van der Waals surface area (Å²) in [6.45, 7) is 0.930. The highest BCUT2D eigenvalue weighted by atomic mass is 32.2. The van der Waals surface area contributed by atoms with Crippen molar-refractivity contribution < 1.29 is 32.2 Å². The standard InChI is InChI=1S/C21H21N3O7S/c25-20-12-31-17-5-3-13(10-15(17)23-20)22-21(26)16-2-1-7-24(16)32(27,28)14-4-6-18-19(11-14)30-9-8-29-18/h3-6,10-11,16H,1-2,7-9,12H2,(H,22,26)(H,23,25)/t16-/m1/s1. The van der Waals surface area contributed by atoms with Crippen LogP contribution in [0, 0.1) is 0 Å². The summed E-state index contributed by atoms with van der Waals surface area (Å²) in [5.74, 6) is 0.650. The number of carbonyl (C=O) groups excluding carboxylic acids is 2. The van der Waals surface area contributed by atoms with E-state index in [4.69, 9.17) is 14.2 Å². The summed E-state index contributed by atoms with van der Waals surface area (Å²) in [5.41, 5.74) is 0.884. The summed E-state index contributed by atoms with van der Waals surface area (Å²) < 4.78 is 44.1. The van der Waals surface area contributed by atoms with Crippen LogP contribution in [0.25, 0.3) is 0 Å². The lowest BCUT2D eigenvalue weighted by atomic mass is 10.2. The molecule has 1 saturated heterocycles. The average Bonchev–Trinajstić information content (AvgIpc) is 3.30. The number of hydrogen-bond donors (Lipinski definition) is 2. The molecular formula is C21H21N3O7S. The largest absolute Gasteiger partial charge is 0.486 e. The fraction of sp³-hybridized carbons (Fsp3) is 0.333. The Morgan fingerprint density at radius 2 is 1.81 bits per heavy atom. The Labute approximate surface area is 184 Å². The Hall–Kier alpha value is -3.31. The van der Waals surface area contributed by atoms with Gasteiger partial charge in [-0.3, -0.25) is 9.59 Å². The van der Waals surface area contributed by atoms with E-state index in [9.17, 15) is 18.0 Å². The predicted octanol–water partition coefficient (Wildman–Crippen LogP) is 1.58. The van der Waals surface area contributed by atoms with Crippen LogP contribution in [0.15, 0.2) is 41.3 Å². The summed E-state index contributed by atoms with van der Waals surface area (Å²) in [6.07, 6.45) is 0.969. The van der Waals surface area contributed by atoms with Gasteiger partial charge in [-0.2, -0.15) is 4.31 Å². The van der Waals surface area contributed by atoms with E-state index in [-0.39, 0.29) is 24.0 Å². The van der Waals surface area contributed by atoms with Crippen molar-refractivity contribution in [3.8, 4) is 17.2 Å². The van der Waals surface area contributed by atoms with Gasteiger partial charge in [0.25, 0.3) is 5.91 Å². The molecule has 0 saturated carbocycles. The maximum absolute atomic E-state index is 13.3. The number of fused-ring (bicyclic) bond motifs is 2. The molecular weight excluding hydrogens is 438 g/mol. The van der Waals surface area contributed by atoms with Gasteiger partial charge in [0.1, 0.15) is 25.0 Å². The molecule has 10 nitrogen and oxygen atoms in total. The molecule has 0 unspecified atom stereocenters. The number of carbonyl (C=O) groups is 2. The first-order chi connectivity index (χ1) is 15.4. The summed E-state index contributed by atoms with van der Waals surface area (Å²) in [4.78, 5) is 24.6. The summed E-state index contributed by atoms with van der Waals surface area (Å²) in [5, 5.41) is 5.43. The fourth-order valence-electron chi connectivity index (χ4n) is 4.00. The van der Waals surface area contributed by atoms with Crippen molar-refractivity contribution in [2.24, 2.45) is 0 Å². The predicted molar refractivity (Wildman–Crippen MR) is 114 cm³/mol. The molecule has 2 amide bonds. The van der Waals surface area contributed by atoms with Gasteiger partial charge in [0.15, 0.2) is 18.1 Å². The highest BCUT2D eigenvalue weighted by molar-refractivity contribution is 7.89. The molecule has 3 heterocycles. The van der Waals surface area contributed by atoms with Crippen molar-refractivity contribution in [2.75, 3.05) is 37.0 Å². The molecule has 0 aromatic heterocycles. The van der Waals surface area contributed by atoms with Crippen LogP contribution in [-0.4, -0.2) is 56.9 Å². The third-order valence-corrected chi connectivity index (χ3v) is 7.41. The molecule has 2 N–H and O–H groups in total. The van der Waals surface area contributed by atoms with Gasteiger partial charge < -0.3 is 24.8 Å². The van der Waals surface area contributed by atoms with Gasteiger partial charge in [0.2, 0.25) is 15.9 Å². The zero-order valence-corrected chi connectivity index (χ0v) is 17.8. The van der Waals surface area contributed by atoms with Gasteiger partial charge >= 0.3 is 0 Å². The third kappa shape index (κ3) is 3.73. The summed E-state index contributed by atoms with van der Waals surface area (Å²) >= 11 is 0. The van der Waals surface area contributed by atoms with E-state index in [1.807, 2.05) is 0 Å². The third-order valence-electron chi connectivity index (χ3n) is 5.51. The van der Waals surface area contributed by atoms with E-state index < -0.39 is 22.0 Å².